The van der Waals surface area contributed by atoms with Gasteiger partial charge in [-0.2, -0.15) is 5.26 Å². The highest BCUT2D eigenvalue weighted by Crippen LogP contribution is 2.31. The van der Waals surface area contributed by atoms with Crippen molar-refractivity contribution in [2.24, 2.45) is 5.92 Å². The number of alkyl halides is 2. The second-order valence-corrected chi connectivity index (χ2v) is 8.97. The monoisotopic (exact) mass is 468 g/mol. The molecule has 2 aromatic rings. The third-order valence-corrected chi connectivity index (χ3v) is 6.45. The number of aliphatic hydroxyl groups excluding tert-OH is 1. The van der Waals surface area contributed by atoms with Gasteiger partial charge in [-0.1, -0.05) is 18.2 Å². The van der Waals surface area contributed by atoms with Gasteiger partial charge in [0, 0.05) is 18.0 Å². The van der Waals surface area contributed by atoms with Crippen molar-refractivity contribution in [3.05, 3.63) is 47.7 Å². The van der Waals surface area contributed by atoms with Crippen LogP contribution in [0.25, 0.3) is 17.0 Å². The summed E-state index contributed by atoms with van der Waals surface area (Å²) in [6.07, 6.45) is 8.17. The molecule has 2 fully saturated rings. The second kappa shape index (κ2) is 9.85. The molecule has 1 aliphatic carbocycles. The van der Waals surface area contributed by atoms with Crippen LogP contribution in [0.2, 0.25) is 0 Å². The van der Waals surface area contributed by atoms with E-state index < -0.39 is 43.3 Å². The normalized spacial score (nSPS) is 24.3. The minimum atomic E-state index is -3.11. The molecular formula is C25H26F2N4O3. The van der Waals surface area contributed by atoms with E-state index in [1.165, 1.54) is 6.20 Å². The van der Waals surface area contributed by atoms with Gasteiger partial charge in [-0.05, 0) is 55.4 Å². The standard InChI is InChI=1S/C25H26F2N4O3/c26-25(27)12-18(13-28)31(15-25)23(33)14-30-24(34)20-9-10-29-22-8-5-17(11-21(20)22)2-1-16-3-6-19(32)7-4-16/h1-2,5,8-11,16,18-19,32H,3-4,6-7,12,14-15H2,(H,30,34)/b2-1+/t16?,18-,19?/m0/s1. The Balaban J connectivity index is 1.45. The average Bonchev–Trinajstić information content (AvgIpc) is 3.16. The van der Waals surface area contributed by atoms with E-state index in [1.807, 2.05) is 24.3 Å². The predicted molar refractivity (Wildman–Crippen MR) is 122 cm³/mol. The summed E-state index contributed by atoms with van der Waals surface area (Å²) in [5, 5.41) is 21.8. The summed E-state index contributed by atoms with van der Waals surface area (Å²) in [5.74, 6) is -3.96. The number of aliphatic hydroxyl groups is 1. The van der Waals surface area contributed by atoms with Gasteiger partial charge in [0.05, 0.1) is 36.3 Å². The molecule has 4 rings (SSSR count). The SMILES string of the molecule is N#C[C@@H]1CC(F)(F)CN1C(=O)CNC(=O)c1ccnc2ccc(/C=C/C3CCC(O)CC3)cc12. The molecule has 0 unspecified atom stereocenters. The van der Waals surface area contributed by atoms with Gasteiger partial charge in [-0.25, -0.2) is 8.78 Å². The lowest BCUT2D eigenvalue weighted by atomic mass is 9.87. The summed E-state index contributed by atoms with van der Waals surface area (Å²) in [4.78, 5) is 30.4. The number of nitrogens with zero attached hydrogens (tertiary/aromatic N) is 3. The summed E-state index contributed by atoms with van der Waals surface area (Å²) >= 11 is 0. The summed E-state index contributed by atoms with van der Waals surface area (Å²) < 4.78 is 27.2. The molecule has 0 bridgehead atoms. The van der Waals surface area contributed by atoms with Crippen LogP contribution in [0.1, 0.15) is 48.0 Å². The smallest absolute Gasteiger partial charge is 0.268 e. The van der Waals surface area contributed by atoms with Gasteiger partial charge in [0.1, 0.15) is 6.04 Å². The minimum Gasteiger partial charge on any atom is -0.393 e. The van der Waals surface area contributed by atoms with Crippen molar-refractivity contribution in [1.82, 2.24) is 15.2 Å². The first-order valence-corrected chi connectivity index (χ1v) is 11.4. The number of amides is 2. The number of allylic oxidation sites excluding steroid dienone is 1. The quantitative estimate of drug-likeness (QED) is 0.701. The van der Waals surface area contributed by atoms with Crippen molar-refractivity contribution >= 4 is 28.8 Å². The van der Waals surface area contributed by atoms with Crippen molar-refractivity contribution in [1.29, 1.82) is 5.26 Å². The zero-order valence-corrected chi connectivity index (χ0v) is 18.6. The van der Waals surface area contributed by atoms with Crippen LogP contribution in [0.4, 0.5) is 8.78 Å². The number of fused-ring (bicyclic) bond motifs is 1. The molecule has 178 valence electrons. The van der Waals surface area contributed by atoms with E-state index in [1.54, 1.807) is 12.1 Å². The number of hydrogen-bond donors (Lipinski definition) is 2. The molecule has 1 saturated heterocycles. The number of pyridine rings is 1. The first-order valence-electron chi connectivity index (χ1n) is 11.4. The fourth-order valence-electron chi connectivity index (χ4n) is 4.55. The third kappa shape index (κ3) is 5.39. The molecule has 2 N–H and O–H groups in total. The first kappa shape index (κ1) is 23.8. The summed E-state index contributed by atoms with van der Waals surface area (Å²) in [7, 11) is 0. The maximum atomic E-state index is 13.6. The molecule has 1 aromatic heterocycles. The molecule has 1 aromatic carbocycles. The number of carbonyl (C=O) groups excluding carboxylic acids is 2. The fourth-order valence-corrected chi connectivity index (χ4v) is 4.55. The van der Waals surface area contributed by atoms with Gasteiger partial charge in [0.2, 0.25) is 5.91 Å². The van der Waals surface area contributed by atoms with Gasteiger partial charge in [-0.3, -0.25) is 14.6 Å². The van der Waals surface area contributed by atoms with Crippen LogP contribution in [0, 0.1) is 17.2 Å². The molecule has 7 nitrogen and oxygen atoms in total. The van der Waals surface area contributed by atoms with E-state index in [4.69, 9.17) is 5.26 Å². The predicted octanol–water partition coefficient (Wildman–Crippen LogP) is 3.29. The van der Waals surface area contributed by atoms with Gasteiger partial charge >= 0.3 is 0 Å². The first-order chi connectivity index (χ1) is 16.3. The number of nitriles is 1. The second-order valence-electron chi connectivity index (χ2n) is 8.97. The molecule has 0 radical (unpaired) electrons. The van der Waals surface area contributed by atoms with Crippen molar-refractivity contribution in [2.45, 2.75) is 50.2 Å². The Hall–Kier alpha value is -3.38. The largest absolute Gasteiger partial charge is 0.393 e. The van der Waals surface area contributed by atoms with Crippen LogP contribution < -0.4 is 5.32 Å². The van der Waals surface area contributed by atoms with Crippen molar-refractivity contribution in [3.8, 4) is 6.07 Å². The van der Waals surface area contributed by atoms with Gasteiger partial charge in [0.25, 0.3) is 11.8 Å². The number of likely N-dealkylation sites (tertiary alicyclic amines) is 1. The van der Waals surface area contributed by atoms with E-state index >= 15 is 0 Å². The number of aromatic nitrogens is 1. The highest BCUT2D eigenvalue weighted by atomic mass is 19.3. The lowest BCUT2D eigenvalue weighted by Gasteiger charge is -2.22. The van der Waals surface area contributed by atoms with E-state index in [9.17, 15) is 23.5 Å². The van der Waals surface area contributed by atoms with Crippen LogP contribution in [-0.4, -0.2) is 58.0 Å². The van der Waals surface area contributed by atoms with Gasteiger partial charge in [-0.15, -0.1) is 0 Å². The van der Waals surface area contributed by atoms with Crippen molar-refractivity contribution < 1.29 is 23.5 Å². The maximum absolute atomic E-state index is 13.6. The fraction of sp³-hybridized carbons (Fsp3) is 0.440. The van der Waals surface area contributed by atoms with Crippen LogP contribution in [0.15, 0.2) is 36.5 Å². The van der Waals surface area contributed by atoms with E-state index in [0.717, 1.165) is 36.1 Å². The minimum absolute atomic E-state index is 0.211. The lowest BCUT2D eigenvalue weighted by molar-refractivity contribution is -0.131. The molecule has 2 heterocycles. The molecule has 1 saturated carbocycles. The number of nitrogens with one attached hydrogen (secondary N) is 1. The molecule has 1 aliphatic heterocycles. The molecule has 9 heteroatoms. The highest BCUT2D eigenvalue weighted by Gasteiger charge is 2.47. The van der Waals surface area contributed by atoms with Crippen LogP contribution in [0.5, 0.6) is 0 Å². The van der Waals surface area contributed by atoms with Crippen LogP contribution in [-0.2, 0) is 4.79 Å². The molecule has 1 atom stereocenters. The van der Waals surface area contributed by atoms with Crippen LogP contribution in [0.3, 0.4) is 0 Å². The summed E-state index contributed by atoms with van der Waals surface area (Å²) in [6.45, 7) is -1.31. The van der Waals surface area contributed by atoms with E-state index in [0.29, 0.717) is 22.4 Å². The molecule has 34 heavy (non-hydrogen) atoms. The Bertz CT molecular complexity index is 1150. The number of benzene rings is 1. The number of rotatable bonds is 5. The number of halogens is 2. The zero-order valence-electron chi connectivity index (χ0n) is 18.6. The lowest BCUT2D eigenvalue weighted by Crippen LogP contribution is -2.43. The zero-order chi connectivity index (χ0) is 24.3. The Morgan fingerprint density at radius 3 is 2.76 bits per heavy atom. The number of carbonyl (C=O) groups is 2. The Morgan fingerprint density at radius 2 is 2.03 bits per heavy atom. The Kier molecular flexibility index (Phi) is 6.89. The topological polar surface area (TPSA) is 106 Å². The Labute approximate surface area is 196 Å². The molecular weight excluding hydrogens is 442 g/mol. The van der Waals surface area contributed by atoms with Gasteiger partial charge in [0.15, 0.2) is 0 Å². The van der Waals surface area contributed by atoms with Gasteiger partial charge < -0.3 is 15.3 Å². The van der Waals surface area contributed by atoms with E-state index in [2.05, 4.69) is 16.4 Å². The summed E-state index contributed by atoms with van der Waals surface area (Å²) in [5.41, 5.74) is 1.82. The average molecular weight is 469 g/mol. The molecule has 2 amide bonds. The Morgan fingerprint density at radius 1 is 1.26 bits per heavy atom. The third-order valence-electron chi connectivity index (χ3n) is 6.45. The number of hydrogen-bond acceptors (Lipinski definition) is 5. The highest BCUT2D eigenvalue weighted by molar-refractivity contribution is 6.07. The molecule has 0 spiro atoms. The van der Waals surface area contributed by atoms with Crippen molar-refractivity contribution in [2.75, 3.05) is 13.1 Å². The summed E-state index contributed by atoms with van der Waals surface area (Å²) in [6, 6.07) is 7.62. The van der Waals surface area contributed by atoms with Crippen LogP contribution >= 0.6 is 0 Å². The molecule has 2 aliphatic rings. The maximum Gasteiger partial charge on any atom is 0.268 e. The van der Waals surface area contributed by atoms with Crippen molar-refractivity contribution in [3.63, 3.8) is 0 Å². The van der Waals surface area contributed by atoms with E-state index in [-0.39, 0.29) is 6.10 Å².